The molecule has 1 aliphatic rings. The predicted molar refractivity (Wildman–Crippen MR) is 141 cm³/mol. The van der Waals surface area contributed by atoms with E-state index in [1.54, 1.807) is 0 Å². The number of aromatic nitrogens is 2. The van der Waals surface area contributed by atoms with Crippen LogP contribution in [-0.2, 0) is 11.4 Å². The van der Waals surface area contributed by atoms with Gasteiger partial charge >= 0.3 is 0 Å². The molecule has 0 radical (unpaired) electrons. The van der Waals surface area contributed by atoms with Crippen LogP contribution in [0.3, 0.4) is 0 Å². The van der Waals surface area contributed by atoms with E-state index in [-0.39, 0.29) is 5.91 Å². The fourth-order valence-electron chi connectivity index (χ4n) is 3.55. The lowest BCUT2D eigenvalue weighted by atomic mass is 10.1. The molecular weight excluding hydrogens is 462 g/mol. The quantitative estimate of drug-likeness (QED) is 0.273. The number of carbonyl (C=O) groups excluding carboxylic acids is 1. The van der Waals surface area contributed by atoms with Crippen molar-refractivity contribution in [3.05, 3.63) is 107 Å². The molecule has 1 fully saturated rings. The first kappa shape index (κ1) is 22.1. The second-order valence-corrected chi connectivity index (χ2v) is 9.58. The van der Waals surface area contributed by atoms with Crippen LogP contribution >= 0.6 is 24.0 Å². The molecule has 4 aromatic rings. The average Bonchev–Trinajstić information content (AvgIpc) is 3.42. The van der Waals surface area contributed by atoms with Gasteiger partial charge in [0.15, 0.2) is 0 Å². The third-order valence-electron chi connectivity index (χ3n) is 5.35. The molecule has 1 aromatic heterocycles. The Bertz CT molecular complexity index is 1380. The van der Waals surface area contributed by atoms with Crippen molar-refractivity contribution in [1.82, 2.24) is 15.1 Å². The maximum atomic E-state index is 12.2. The molecular formula is C27H21N3O2S2. The summed E-state index contributed by atoms with van der Waals surface area (Å²) in [4.78, 5) is 12.8. The van der Waals surface area contributed by atoms with Gasteiger partial charge in [-0.25, -0.2) is 4.68 Å². The standard InChI is InChI=1S/C27H21N3O2S2/c1-18-7-9-19(10-8-18)17-32-23-13-11-20(12-14-23)25-21(15-24-26(31)28-27(33)34-24)16-30(29-25)22-5-3-2-4-6-22/h2-16H,17H2,1H3,(H,28,31,33)/b24-15-. The first-order valence-corrected chi connectivity index (χ1v) is 12.0. The number of hydrogen-bond acceptors (Lipinski definition) is 5. The lowest BCUT2D eigenvalue weighted by Crippen LogP contribution is -2.17. The molecule has 1 amide bonds. The molecule has 3 aromatic carbocycles. The fraction of sp³-hybridized carbons (Fsp3) is 0.0741. The molecule has 34 heavy (non-hydrogen) atoms. The Morgan fingerprint density at radius 1 is 1.03 bits per heavy atom. The highest BCUT2D eigenvalue weighted by atomic mass is 32.2. The summed E-state index contributed by atoms with van der Waals surface area (Å²) >= 11 is 6.39. The van der Waals surface area contributed by atoms with Gasteiger partial charge < -0.3 is 10.1 Å². The van der Waals surface area contributed by atoms with Crippen molar-refractivity contribution in [2.45, 2.75) is 13.5 Å². The SMILES string of the molecule is Cc1ccc(COc2ccc(-c3nn(-c4ccccc4)cc3/C=C3\SC(=S)NC3=O)cc2)cc1. The van der Waals surface area contributed by atoms with Gasteiger partial charge in [0.1, 0.15) is 16.7 Å². The van der Waals surface area contributed by atoms with Crippen molar-refractivity contribution in [2.24, 2.45) is 0 Å². The molecule has 1 saturated heterocycles. The topological polar surface area (TPSA) is 56.1 Å². The molecule has 2 heterocycles. The number of thioether (sulfide) groups is 1. The number of para-hydroxylation sites is 1. The van der Waals surface area contributed by atoms with E-state index in [4.69, 9.17) is 22.1 Å². The van der Waals surface area contributed by atoms with Crippen LogP contribution < -0.4 is 10.1 Å². The number of rotatable bonds is 6. The Morgan fingerprint density at radius 2 is 1.76 bits per heavy atom. The minimum atomic E-state index is -0.187. The average molecular weight is 484 g/mol. The largest absolute Gasteiger partial charge is 0.489 e. The second-order valence-electron chi connectivity index (χ2n) is 7.86. The van der Waals surface area contributed by atoms with Gasteiger partial charge in [0.25, 0.3) is 5.91 Å². The van der Waals surface area contributed by atoms with Gasteiger partial charge in [-0.1, -0.05) is 72.0 Å². The van der Waals surface area contributed by atoms with Gasteiger partial charge in [0.2, 0.25) is 0 Å². The molecule has 5 nitrogen and oxygen atoms in total. The van der Waals surface area contributed by atoms with Crippen molar-refractivity contribution in [3.63, 3.8) is 0 Å². The third kappa shape index (κ3) is 4.95. The summed E-state index contributed by atoms with van der Waals surface area (Å²) in [6.45, 7) is 2.57. The van der Waals surface area contributed by atoms with Crippen molar-refractivity contribution in [3.8, 4) is 22.7 Å². The molecule has 0 atom stereocenters. The van der Waals surface area contributed by atoms with Gasteiger partial charge in [0, 0.05) is 17.3 Å². The number of amides is 1. The Labute approximate surface area is 207 Å². The van der Waals surface area contributed by atoms with E-state index in [1.165, 1.54) is 17.3 Å². The molecule has 0 aliphatic carbocycles. The number of nitrogens with one attached hydrogen (secondary N) is 1. The molecule has 0 unspecified atom stereocenters. The fourth-order valence-corrected chi connectivity index (χ4v) is 4.59. The zero-order chi connectivity index (χ0) is 23.5. The Kier molecular flexibility index (Phi) is 6.29. The highest BCUT2D eigenvalue weighted by Crippen LogP contribution is 2.31. The Hall–Kier alpha value is -3.68. The molecule has 7 heteroatoms. The summed E-state index contributed by atoms with van der Waals surface area (Å²) in [6.07, 6.45) is 3.76. The van der Waals surface area contributed by atoms with Crippen LogP contribution in [0.2, 0.25) is 0 Å². The number of aryl methyl sites for hydroxylation is 1. The third-order valence-corrected chi connectivity index (χ3v) is 6.51. The minimum Gasteiger partial charge on any atom is -0.489 e. The van der Waals surface area contributed by atoms with Gasteiger partial charge in [-0.15, -0.1) is 0 Å². The molecule has 1 aliphatic heterocycles. The van der Waals surface area contributed by atoms with Gasteiger partial charge in [-0.3, -0.25) is 4.79 Å². The van der Waals surface area contributed by atoms with Crippen LogP contribution in [0, 0.1) is 6.92 Å². The van der Waals surface area contributed by atoms with Gasteiger partial charge in [-0.05, 0) is 55.0 Å². The zero-order valence-corrected chi connectivity index (χ0v) is 20.0. The number of nitrogens with zero attached hydrogens (tertiary/aromatic N) is 2. The van der Waals surface area contributed by atoms with Crippen LogP contribution in [0.1, 0.15) is 16.7 Å². The molecule has 5 rings (SSSR count). The van der Waals surface area contributed by atoms with Crippen molar-refractivity contribution >= 4 is 40.3 Å². The van der Waals surface area contributed by atoms with Crippen LogP contribution in [0.4, 0.5) is 0 Å². The highest BCUT2D eigenvalue weighted by Gasteiger charge is 2.23. The van der Waals surface area contributed by atoms with E-state index < -0.39 is 0 Å². The molecule has 1 N–H and O–H groups in total. The van der Waals surface area contributed by atoms with Crippen molar-refractivity contribution in [1.29, 1.82) is 0 Å². The van der Waals surface area contributed by atoms with E-state index in [2.05, 4.69) is 36.5 Å². The zero-order valence-electron chi connectivity index (χ0n) is 18.4. The summed E-state index contributed by atoms with van der Waals surface area (Å²) < 4.78 is 8.23. The smallest absolute Gasteiger partial charge is 0.263 e. The summed E-state index contributed by atoms with van der Waals surface area (Å²) in [5.41, 5.74) is 5.81. The van der Waals surface area contributed by atoms with Gasteiger partial charge in [-0.2, -0.15) is 5.10 Å². The monoisotopic (exact) mass is 483 g/mol. The highest BCUT2D eigenvalue weighted by molar-refractivity contribution is 8.26. The van der Waals surface area contributed by atoms with E-state index >= 15 is 0 Å². The maximum Gasteiger partial charge on any atom is 0.263 e. The van der Waals surface area contributed by atoms with Gasteiger partial charge in [0.05, 0.1) is 16.3 Å². The normalized spacial score (nSPS) is 14.4. The minimum absolute atomic E-state index is 0.187. The predicted octanol–water partition coefficient (Wildman–Crippen LogP) is 5.92. The number of carbonyl (C=O) groups is 1. The second kappa shape index (κ2) is 9.67. The number of thiocarbonyl (C=S) groups is 1. The molecule has 0 bridgehead atoms. The number of ether oxygens (including phenoxy) is 1. The first-order chi connectivity index (χ1) is 16.5. The van der Waals surface area contributed by atoms with Crippen molar-refractivity contribution in [2.75, 3.05) is 0 Å². The lowest BCUT2D eigenvalue weighted by molar-refractivity contribution is -0.115. The van der Waals surface area contributed by atoms with E-state index in [1.807, 2.05) is 71.6 Å². The number of benzene rings is 3. The molecule has 0 spiro atoms. The van der Waals surface area contributed by atoms with Crippen LogP contribution in [0.15, 0.2) is 90.0 Å². The lowest BCUT2D eigenvalue weighted by Gasteiger charge is -2.08. The van der Waals surface area contributed by atoms with E-state index in [9.17, 15) is 4.79 Å². The van der Waals surface area contributed by atoms with E-state index in [0.717, 1.165) is 33.8 Å². The Balaban J connectivity index is 1.44. The maximum absolute atomic E-state index is 12.2. The number of hydrogen-bond donors (Lipinski definition) is 1. The summed E-state index contributed by atoms with van der Waals surface area (Å²) in [5.74, 6) is 0.594. The summed E-state index contributed by atoms with van der Waals surface area (Å²) in [6, 6.07) is 26.0. The van der Waals surface area contributed by atoms with E-state index in [0.29, 0.717) is 15.8 Å². The molecule has 0 saturated carbocycles. The van der Waals surface area contributed by atoms with Crippen LogP contribution in [0.5, 0.6) is 5.75 Å². The first-order valence-electron chi connectivity index (χ1n) is 10.7. The molecule has 168 valence electrons. The van der Waals surface area contributed by atoms with Crippen LogP contribution in [-0.4, -0.2) is 20.0 Å². The van der Waals surface area contributed by atoms with Crippen LogP contribution in [0.25, 0.3) is 23.0 Å². The Morgan fingerprint density at radius 3 is 2.44 bits per heavy atom. The summed E-state index contributed by atoms with van der Waals surface area (Å²) in [5, 5.41) is 7.49. The summed E-state index contributed by atoms with van der Waals surface area (Å²) in [7, 11) is 0. The van der Waals surface area contributed by atoms with Crippen molar-refractivity contribution < 1.29 is 9.53 Å².